The molecule has 0 spiro atoms. The fourth-order valence-electron chi connectivity index (χ4n) is 2.26. The van der Waals surface area contributed by atoms with Gasteiger partial charge in [0.2, 0.25) is 0 Å². The number of hydrogen-bond donors (Lipinski definition) is 1. The van der Waals surface area contributed by atoms with Crippen molar-refractivity contribution >= 4 is 0 Å². The summed E-state index contributed by atoms with van der Waals surface area (Å²) in [6, 6.07) is 4.04. The molecule has 2 aromatic rings. The minimum atomic E-state index is 0.473. The molecule has 0 radical (unpaired) electrons. The van der Waals surface area contributed by atoms with Gasteiger partial charge in [-0.05, 0) is 62.9 Å². The molecule has 2 aromatic heterocycles. The van der Waals surface area contributed by atoms with Gasteiger partial charge in [0.1, 0.15) is 0 Å². The van der Waals surface area contributed by atoms with Gasteiger partial charge in [0.15, 0.2) is 5.82 Å². The summed E-state index contributed by atoms with van der Waals surface area (Å²) < 4.78 is 1.93. The first-order valence-electron chi connectivity index (χ1n) is 6.71. The minimum absolute atomic E-state index is 0.473. The second-order valence-corrected chi connectivity index (χ2v) is 5.30. The average Bonchev–Trinajstić information content (AvgIpc) is 2.66. The monoisotopic (exact) mass is 258 g/mol. The molecule has 2 rings (SSSR count). The van der Waals surface area contributed by atoms with Crippen LogP contribution in [0.2, 0.25) is 0 Å². The zero-order valence-corrected chi connectivity index (χ0v) is 12.1. The van der Waals surface area contributed by atoms with Crippen molar-refractivity contribution in [1.82, 2.24) is 14.8 Å². The van der Waals surface area contributed by atoms with Crippen LogP contribution in [0, 0.1) is 26.7 Å². The van der Waals surface area contributed by atoms with Gasteiger partial charge in [-0.3, -0.25) is 0 Å². The molecule has 0 aliphatic heterocycles. The highest BCUT2D eigenvalue weighted by molar-refractivity contribution is 5.34. The fourth-order valence-corrected chi connectivity index (χ4v) is 2.26. The number of hydrogen-bond acceptors (Lipinski definition) is 3. The lowest BCUT2D eigenvalue weighted by Gasteiger charge is -2.09. The first-order chi connectivity index (χ1) is 9.02. The molecule has 2 N–H and O–H groups in total. The van der Waals surface area contributed by atoms with E-state index in [0.29, 0.717) is 12.5 Å². The first-order valence-corrected chi connectivity index (χ1v) is 6.71. The summed E-state index contributed by atoms with van der Waals surface area (Å²) in [5, 5.41) is 4.62. The van der Waals surface area contributed by atoms with Crippen molar-refractivity contribution in [3.8, 4) is 5.82 Å². The van der Waals surface area contributed by atoms with Gasteiger partial charge in [-0.15, -0.1) is 0 Å². The van der Waals surface area contributed by atoms with Crippen molar-refractivity contribution in [2.24, 2.45) is 11.7 Å². The molecule has 0 saturated heterocycles. The molecule has 0 bridgehead atoms. The van der Waals surface area contributed by atoms with E-state index in [1.54, 1.807) is 0 Å². The molecule has 1 unspecified atom stereocenters. The predicted molar refractivity (Wildman–Crippen MR) is 77.5 cm³/mol. The summed E-state index contributed by atoms with van der Waals surface area (Å²) in [6.45, 7) is 9.09. The number of rotatable bonds is 4. The summed E-state index contributed by atoms with van der Waals surface area (Å²) in [4.78, 5) is 4.40. The summed E-state index contributed by atoms with van der Waals surface area (Å²) in [5.41, 5.74) is 10.4. The van der Waals surface area contributed by atoms with Crippen molar-refractivity contribution in [1.29, 1.82) is 0 Å². The van der Waals surface area contributed by atoms with E-state index in [1.807, 2.05) is 16.9 Å². The van der Waals surface area contributed by atoms with Crippen LogP contribution < -0.4 is 5.73 Å². The Balaban J connectivity index is 2.41. The molecule has 19 heavy (non-hydrogen) atoms. The highest BCUT2D eigenvalue weighted by Gasteiger charge is 2.15. The largest absolute Gasteiger partial charge is 0.330 e. The van der Waals surface area contributed by atoms with Crippen LogP contribution in [0.15, 0.2) is 18.3 Å². The van der Waals surface area contributed by atoms with Crippen LogP contribution in [-0.2, 0) is 6.42 Å². The highest BCUT2D eigenvalue weighted by atomic mass is 15.3. The minimum Gasteiger partial charge on any atom is -0.330 e. The van der Waals surface area contributed by atoms with E-state index in [4.69, 9.17) is 5.73 Å². The third-order valence-electron chi connectivity index (χ3n) is 3.51. The predicted octanol–water partition coefficient (Wildman–Crippen LogP) is 2.33. The molecule has 0 aliphatic carbocycles. The van der Waals surface area contributed by atoms with E-state index in [0.717, 1.165) is 23.6 Å². The number of nitrogens with zero attached hydrogens (tertiary/aromatic N) is 3. The van der Waals surface area contributed by atoms with E-state index >= 15 is 0 Å². The fraction of sp³-hybridized carbons (Fsp3) is 0.467. The normalized spacial score (nSPS) is 12.7. The van der Waals surface area contributed by atoms with Gasteiger partial charge in [-0.2, -0.15) is 5.10 Å². The lowest BCUT2D eigenvalue weighted by Crippen LogP contribution is -2.14. The Morgan fingerprint density at radius 2 is 2.05 bits per heavy atom. The first kappa shape index (κ1) is 13.7. The van der Waals surface area contributed by atoms with Crippen molar-refractivity contribution in [3.05, 3.63) is 40.8 Å². The van der Waals surface area contributed by atoms with Gasteiger partial charge in [0.05, 0.1) is 5.69 Å². The van der Waals surface area contributed by atoms with Crippen LogP contribution in [0.4, 0.5) is 0 Å². The van der Waals surface area contributed by atoms with Gasteiger partial charge >= 0.3 is 0 Å². The number of nitrogens with two attached hydrogens (primary N) is 1. The third-order valence-corrected chi connectivity index (χ3v) is 3.51. The average molecular weight is 258 g/mol. The lowest BCUT2D eigenvalue weighted by molar-refractivity contribution is 0.589. The van der Waals surface area contributed by atoms with E-state index in [2.05, 4.69) is 43.8 Å². The zero-order chi connectivity index (χ0) is 14.0. The molecular weight excluding hydrogens is 236 g/mol. The standard InChI is InChI=1S/C15H22N4/c1-10-5-6-17-15(8-10)19-13(4)14(12(3)18-19)7-11(2)9-16/h5-6,8,11H,7,9,16H2,1-4H3. The summed E-state index contributed by atoms with van der Waals surface area (Å²) >= 11 is 0. The van der Waals surface area contributed by atoms with Crippen LogP contribution in [0.1, 0.15) is 29.4 Å². The molecular formula is C15H22N4. The van der Waals surface area contributed by atoms with Crippen molar-refractivity contribution in [2.75, 3.05) is 6.54 Å². The van der Waals surface area contributed by atoms with Crippen molar-refractivity contribution in [3.63, 3.8) is 0 Å². The molecule has 4 heteroatoms. The van der Waals surface area contributed by atoms with Gasteiger partial charge in [0, 0.05) is 11.9 Å². The number of pyridine rings is 1. The van der Waals surface area contributed by atoms with Gasteiger partial charge < -0.3 is 5.73 Å². The van der Waals surface area contributed by atoms with Gasteiger partial charge in [-0.25, -0.2) is 9.67 Å². The van der Waals surface area contributed by atoms with Crippen LogP contribution in [0.3, 0.4) is 0 Å². The van der Waals surface area contributed by atoms with Crippen LogP contribution >= 0.6 is 0 Å². The molecule has 2 heterocycles. The van der Waals surface area contributed by atoms with Gasteiger partial charge in [0.25, 0.3) is 0 Å². The quantitative estimate of drug-likeness (QED) is 0.915. The molecule has 102 valence electrons. The third kappa shape index (κ3) is 2.84. The molecule has 0 aliphatic rings. The molecule has 0 saturated carbocycles. The number of aryl methyl sites for hydroxylation is 2. The van der Waals surface area contributed by atoms with E-state index in [9.17, 15) is 0 Å². The maximum absolute atomic E-state index is 5.72. The second-order valence-electron chi connectivity index (χ2n) is 5.30. The van der Waals surface area contributed by atoms with E-state index in [-0.39, 0.29) is 0 Å². The van der Waals surface area contributed by atoms with Crippen LogP contribution in [0.25, 0.3) is 5.82 Å². The molecule has 0 amide bonds. The summed E-state index contributed by atoms with van der Waals surface area (Å²) in [7, 11) is 0. The Bertz CT molecular complexity index is 572. The maximum atomic E-state index is 5.72. The Morgan fingerprint density at radius 1 is 1.32 bits per heavy atom. The summed E-state index contributed by atoms with van der Waals surface area (Å²) in [6.07, 6.45) is 2.79. The Morgan fingerprint density at radius 3 is 2.68 bits per heavy atom. The van der Waals surface area contributed by atoms with Gasteiger partial charge in [-0.1, -0.05) is 6.92 Å². The lowest BCUT2D eigenvalue weighted by atomic mass is 10.00. The molecule has 0 fully saturated rings. The van der Waals surface area contributed by atoms with E-state index in [1.165, 1.54) is 11.1 Å². The maximum Gasteiger partial charge on any atom is 0.153 e. The van der Waals surface area contributed by atoms with E-state index < -0.39 is 0 Å². The topological polar surface area (TPSA) is 56.7 Å². The van der Waals surface area contributed by atoms with Crippen molar-refractivity contribution in [2.45, 2.75) is 34.1 Å². The number of aromatic nitrogens is 3. The second kappa shape index (κ2) is 5.53. The Hall–Kier alpha value is -1.68. The Kier molecular flexibility index (Phi) is 4.00. The highest BCUT2D eigenvalue weighted by Crippen LogP contribution is 2.20. The molecule has 4 nitrogen and oxygen atoms in total. The summed E-state index contributed by atoms with van der Waals surface area (Å²) in [5.74, 6) is 1.35. The SMILES string of the molecule is Cc1ccnc(-n2nc(C)c(CC(C)CN)c2C)c1. The van der Waals surface area contributed by atoms with Crippen molar-refractivity contribution < 1.29 is 0 Å². The van der Waals surface area contributed by atoms with Crippen LogP contribution in [-0.4, -0.2) is 21.3 Å². The zero-order valence-electron chi connectivity index (χ0n) is 12.1. The van der Waals surface area contributed by atoms with Crippen LogP contribution in [0.5, 0.6) is 0 Å². The Labute approximate surface area is 114 Å². The molecule has 1 atom stereocenters. The molecule has 0 aromatic carbocycles. The smallest absolute Gasteiger partial charge is 0.153 e.